The van der Waals surface area contributed by atoms with Crippen molar-refractivity contribution in [1.29, 1.82) is 0 Å². The molecular formula is C15H10BrFO2. The molecule has 0 bridgehead atoms. The zero-order chi connectivity index (χ0) is 13.8. The predicted molar refractivity (Wildman–Crippen MR) is 73.8 cm³/mol. The molecule has 2 aromatic rings. The van der Waals surface area contributed by atoms with Crippen molar-refractivity contribution in [3.8, 4) is 0 Å². The summed E-state index contributed by atoms with van der Waals surface area (Å²) in [5.41, 5.74) is 0.380. The molecule has 0 heterocycles. The molecule has 0 amide bonds. The molecule has 0 fully saturated rings. The maximum Gasteiger partial charge on any atom is 0.173 e. The molecule has 0 aliphatic heterocycles. The van der Waals surface area contributed by atoms with Crippen LogP contribution in [0.1, 0.15) is 27.1 Å². The van der Waals surface area contributed by atoms with Crippen LogP contribution in [0.5, 0.6) is 0 Å². The van der Waals surface area contributed by atoms with Gasteiger partial charge in [0.05, 0.1) is 12.0 Å². The summed E-state index contributed by atoms with van der Waals surface area (Å²) in [6.07, 6.45) is -0.336. The molecule has 0 N–H and O–H groups in total. The number of ketones is 2. The largest absolute Gasteiger partial charge is 0.294 e. The first kappa shape index (κ1) is 13.6. The molecule has 2 aromatic carbocycles. The Morgan fingerprint density at radius 1 is 1.00 bits per heavy atom. The lowest BCUT2D eigenvalue weighted by atomic mass is 10.0. The fourth-order valence-corrected chi connectivity index (χ4v) is 2.04. The monoisotopic (exact) mass is 320 g/mol. The first-order chi connectivity index (χ1) is 9.08. The highest BCUT2D eigenvalue weighted by Crippen LogP contribution is 2.18. The van der Waals surface area contributed by atoms with E-state index in [4.69, 9.17) is 0 Å². The molecule has 19 heavy (non-hydrogen) atoms. The summed E-state index contributed by atoms with van der Waals surface area (Å²) in [5.74, 6) is -1.45. The van der Waals surface area contributed by atoms with Crippen molar-refractivity contribution in [2.45, 2.75) is 6.42 Å². The van der Waals surface area contributed by atoms with E-state index in [1.54, 1.807) is 30.3 Å². The Hall–Kier alpha value is -1.81. The molecule has 0 atom stereocenters. The molecule has 0 saturated carbocycles. The van der Waals surface area contributed by atoms with Crippen LogP contribution < -0.4 is 0 Å². The van der Waals surface area contributed by atoms with Gasteiger partial charge in [0.25, 0.3) is 0 Å². The van der Waals surface area contributed by atoms with Crippen LogP contribution in [0.25, 0.3) is 0 Å². The van der Waals surface area contributed by atoms with E-state index in [1.807, 2.05) is 0 Å². The second kappa shape index (κ2) is 5.89. The van der Waals surface area contributed by atoms with Gasteiger partial charge >= 0.3 is 0 Å². The Morgan fingerprint density at radius 2 is 1.68 bits per heavy atom. The zero-order valence-electron chi connectivity index (χ0n) is 9.90. The van der Waals surface area contributed by atoms with Crippen LogP contribution in [0.4, 0.5) is 4.39 Å². The van der Waals surface area contributed by atoms with Crippen LogP contribution in [0.3, 0.4) is 0 Å². The lowest BCUT2D eigenvalue weighted by Crippen LogP contribution is -2.10. The Labute approximate surface area is 118 Å². The molecule has 0 aliphatic rings. The molecule has 0 aliphatic carbocycles. The van der Waals surface area contributed by atoms with Gasteiger partial charge in [0.15, 0.2) is 11.6 Å². The van der Waals surface area contributed by atoms with Gasteiger partial charge in [0.2, 0.25) is 0 Å². The van der Waals surface area contributed by atoms with Crippen LogP contribution in [-0.2, 0) is 0 Å². The number of Topliss-reactive ketones (excluding diaryl/α,β-unsaturated/α-hetero) is 2. The van der Waals surface area contributed by atoms with E-state index in [1.165, 1.54) is 18.2 Å². The molecule has 0 spiro atoms. The van der Waals surface area contributed by atoms with E-state index in [9.17, 15) is 14.0 Å². The molecule has 0 aromatic heterocycles. The van der Waals surface area contributed by atoms with Crippen LogP contribution in [0.15, 0.2) is 53.0 Å². The normalized spacial score (nSPS) is 10.2. The molecule has 4 heteroatoms. The van der Waals surface area contributed by atoms with Crippen LogP contribution in [0, 0.1) is 5.82 Å². The van der Waals surface area contributed by atoms with Gasteiger partial charge in [0, 0.05) is 10.0 Å². The van der Waals surface area contributed by atoms with Gasteiger partial charge in [-0.25, -0.2) is 4.39 Å². The highest BCUT2D eigenvalue weighted by Gasteiger charge is 2.17. The highest BCUT2D eigenvalue weighted by molar-refractivity contribution is 9.10. The zero-order valence-corrected chi connectivity index (χ0v) is 11.5. The van der Waals surface area contributed by atoms with E-state index in [0.29, 0.717) is 10.0 Å². The van der Waals surface area contributed by atoms with Crippen LogP contribution in [0.2, 0.25) is 0 Å². The summed E-state index contributed by atoms with van der Waals surface area (Å²) in [4.78, 5) is 23.8. The Bertz CT molecular complexity index is 623. The van der Waals surface area contributed by atoms with Gasteiger partial charge in [-0.3, -0.25) is 9.59 Å². The Kier molecular flexibility index (Phi) is 4.22. The predicted octanol–water partition coefficient (Wildman–Crippen LogP) is 4.04. The molecule has 2 nitrogen and oxygen atoms in total. The van der Waals surface area contributed by atoms with Crippen molar-refractivity contribution in [3.63, 3.8) is 0 Å². The van der Waals surface area contributed by atoms with Gasteiger partial charge in [-0.15, -0.1) is 0 Å². The van der Waals surface area contributed by atoms with Crippen molar-refractivity contribution in [2.75, 3.05) is 0 Å². The second-order valence-electron chi connectivity index (χ2n) is 4.01. The molecular weight excluding hydrogens is 311 g/mol. The number of carbonyl (C=O) groups is 2. The van der Waals surface area contributed by atoms with Crippen LogP contribution in [-0.4, -0.2) is 11.6 Å². The van der Waals surface area contributed by atoms with Crippen molar-refractivity contribution in [2.24, 2.45) is 0 Å². The van der Waals surface area contributed by atoms with E-state index >= 15 is 0 Å². The SMILES string of the molecule is O=C(CC(=O)c1cc(Br)ccc1F)c1ccccc1. The minimum Gasteiger partial charge on any atom is -0.294 e. The summed E-state index contributed by atoms with van der Waals surface area (Å²) in [7, 11) is 0. The minimum absolute atomic E-state index is 0.0707. The molecule has 0 saturated heterocycles. The molecule has 0 radical (unpaired) electrons. The maximum absolute atomic E-state index is 13.5. The third-order valence-electron chi connectivity index (χ3n) is 2.65. The van der Waals surface area contributed by atoms with Crippen molar-refractivity contribution < 1.29 is 14.0 Å². The smallest absolute Gasteiger partial charge is 0.173 e. The van der Waals surface area contributed by atoms with Gasteiger partial charge in [-0.2, -0.15) is 0 Å². The van der Waals surface area contributed by atoms with Crippen molar-refractivity contribution in [3.05, 3.63) is 69.9 Å². The van der Waals surface area contributed by atoms with Gasteiger partial charge in [0.1, 0.15) is 5.82 Å². The van der Waals surface area contributed by atoms with Crippen LogP contribution >= 0.6 is 15.9 Å². The first-order valence-electron chi connectivity index (χ1n) is 5.64. The van der Waals surface area contributed by atoms with Gasteiger partial charge < -0.3 is 0 Å². The standard InChI is InChI=1S/C15H10BrFO2/c16-11-6-7-13(17)12(8-11)15(19)9-14(18)10-4-2-1-3-5-10/h1-8H,9H2. The minimum atomic E-state index is -0.617. The number of hydrogen-bond donors (Lipinski definition) is 0. The maximum atomic E-state index is 13.5. The summed E-state index contributed by atoms with van der Waals surface area (Å²) in [6.45, 7) is 0. The van der Waals surface area contributed by atoms with E-state index in [0.717, 1.165) is 0 Å². The average molecular weight is 321 g/mol. The summed E-state index contributed by atoms with van der Waals surface area (Å²) >= 11 is 3.17. The third-order valence-corrected chi connectivity index (χ3v) is 3.14. The van der Waals surface area contributed by atoms with Crippen molar-refractivity contribution in [1.82, 2.24) is 0 Å². The second-order valence-corrected chi connectivity index (χ2v) is 4.93. The number of carbonyl (C=O) groups excluding carboxylic acids is 2. The summed E-state index contributed by atoms with van der Waals surface area (Å²) in [5, 5.41) is 0. The summed E-state index contributed by atoms with van der Waals surface area (Å²) in [6, 6.07) is 12.6. The number of rotatable bonds is 4. The molecule has 2 rings (SSSR count). The highest BCUT2D eigenvalue weighted by atomic mass is 79.9. The Balaban J connectivity index is 2.18. The first-order valence-corrected chi connectivity index (χ1v) is 6.44. The quantitative estimate of drug-likeness (QED) is 0.629. The lowest BCUT2D eigenvalue weighted by Gasteiger charge is -2.03. The van der Waals surface area contributed by atoms with Gasteiger partial charge in [-0.05, 0) is 18.2 Å². The van der Waals surface area contributed by atoms with Crippen molar-refractivity contribution >= 4 is 27.5 Å². The summed E-state index contributed by atoms with van der Waals surface area (Å²) < 4.78 is 14.1. The van der Waals surface area contributed by atoms with E-state index < -0.39 is 11.6 Å². The fraction of sp³-hybridized carbons (Fsp3) is 0.0667. The number of halogens is 2. The average Bonchev–Trinajstić information content (AvgIpc) is 2.42. The Morgan fingerprint density at radius 3 is 2.37 bits per heavy atom. The number of benzene rings is 2. The van der Waals surface area contributed by atoms with Gasteiger partial charge in [-0.1, -0.05) is 46.3 Å². The third kappa shape index (κ3) is 3.35. The fourth-order valence-electron chi connectivity index (χ4n) is 1.68. The molecule has 96 valence electrons. The lowest BCUT2D eigenvalue weighted by molar-refractivity contribution is 0.0892. The number of hydrogen-bond acceptors (Lipinski definition) is 2. The molecule has 0 unspecified atom stereocenters. The van der Waals surface area contributed by atoms with E-state index in [-0.39, 0.29) is 17.8 Å². The topological polar surface area (TPSA) is 34.1 Å². The van der Waals surface area contributed by atoms with E-state index in [2.05, 4.69) is 15.9 Å².